The number of rotatable bonds is 6. The molecule has 0 radical (unpaired) electrons. The number of nitrogens with zero attached hydrogens (tertiary/aromatic N) is 4. The molecule has 3 aliphatic carbocycles. The summed E-state index contributed by atoms with van der Waals surface area (Å²) in [6, 6.07) is 4.00. The van der Waals surface area contributed by atoms with Crippen molar-refractivity contribution in [3.05, 3.63) is 40.8 Å². The molecular formula is C27H36N4O3. The Hall–Kier alpha value is -2.41. The van der Waals surface area contributed by atoms with E-state index in [0.717, 1.165) is 49.6 Å². The normalized spacial score (nSPS) is 28.5. The summed E-state index contributed by atoms with van der Waals surface area (Å²) in [6.07, 6.45) is 11.1. The van der Waals surface area contributed by atoms with Gasteiger partial charge in [-0.05, 0) is 88.5 Å². The molecule has 0 unspecified atom stereocenters. The number of likely N-dealkylation sites (tertiary alicyclic amines) is 1. The zero-order valence-electron chi connectivity index (χ0n) is 20.2. The lowest BCUT2D eigenvalue weighted by atomic mass is 9.85. The Labute approximate surface area is 201 Å². The number of hydrogen-bond acceptors (Lipinski definition) is 5. The van der Waals surface area contributed by atoms with Crippen molar-refractivity contribution in [1.29, 1.82) is 0 Å². The van der Waals surface area contributed by atoms with Crippen LogP contribution in [0.25, 0.3) is 0 Å². The summed E-state index contributed by atoms with van der Waals surface area (Å²) in [7, 11) is 0. The number of fused-ring (bicyclic) bond motifs is 3. The summed E-state index contributed by atoms with van der Waals surface area (Å²) >= 11 is 0. The topological polar surface area (TPSA) is 80.5 Å². The van der Waals surface area contributed by atoms with Crippen molar-refractivity contribution in [3.63, 3.8) is 0 Å². The minimum absolute atomic E-state index is 0.0805. The summed E-state index contributed by atoms with van der Waals surface area (Å²) in [5, 5.41) is 14.7. The molecule has 2 aromatic rings. The largest absolute Gasteiger partial charge is 0.474 e. The number of piperidine rings is 1. The van der Waals surface area contributed by atoms with E-state index in [0.29, 0.717) is 43.5 Å². The van der Waals surface area contributed by atoms with Crippen LogP contribution in [-0.2, 0) is 13.0 Å². The standard InChI is InChI=1S/C27H36N4O3/c1-17-3-2-11-28-26(17)34-21-6-4-18(5-7-21)8-14-31-23-16-19-15-22(19)24(23)25(29-31)27(33)30-12-9-20(32)10-13-30/h2-3,11,18-22,32H,4-10,12-16H2,1H3/t18?,19-,21?,22-/m1/s1. The van der Waals surface area contributed by atoms with E-state index in [1.54, 1.807) is 6.20 Å². The third-order valence-corrected chi connectivity index (χ3v) is 8.58. The molecule has 2 aromatic heterocycles. The van der Waals surface area contributed by atoms with Gasteiger partial charge in [0, 0.05) is 42.7 Å². The first-order valence-corrected chi connectivity index (χ1v) is 13.2. The lowest BCUT2D eigenvalue weighted by Gasteiger charge is -2.29. The second-order valence-electron chi connectivity index (χ2n) is 10.9. The first kappa shape index (κ1) is 22.1. The van der Waals surface area contributed by atoms with Gasteiger partial charge in [0.05, 0.1) is 6.10 Å². The maximum absolute atomic E-state index is 13.3. The second-order valence-corrected chi connectivity index (χ2v) is 10.9. The SMILES string of the molecule is Cc1cccnc1OC1CCC(CCn2nc(C(=O)N3CCC(O)CC3)c3c2C[C@H]2C[C@@H]32)CC1. The molecular weight excluding hydrogens is 428 g/mol. The molecule has 2 atom stereocenters. The van der Waals surface area contributed by atoms with E-state index in [9.17, 15) is 9.90 Å². The number of aryl methyl sites for hydroxylation is 2. The Bertz CT molecular complexity index is 1050. The van der Waals surface area contributed by atoms with Crippen LogP contribution in [0, 0.1) is 18.8 Å². The van der Waals surface area contributed by atoms with Gasteiger partial charge in [-0.1, -0.05) is 6.07 Å². The molecule has 7 nitrogen and oxygen atoms in total. The Morgan fingerprint density at radius 1 is 1.18 bits per heavy atom. The molecule has 4 aliphatic rings. The summed E-state index contributed by atoms with van der Waals surface area (Å²) in [5.41, 5.74) is 4.38. The van der Waals surface area contributed by atoms with Gasteiger partial charge in [0.2, 0.25) is 5.88 Å². The highest BCUT2D eigenvalue weighted by molar-refractivity contribution is 5.94. The van der Waals surface area contributed by atoms with E-state index in [4.69, 9.17) is 9.84 Å². The van der Waals surface area contributed by atoms with Crippen LogP contribution in [-0.4, -0.2) is 56.0 Å². The van der Waals surface area contributed by atoms with Gasteiger partial charge in [0.15, 0.2) is 5.69 Å². The van der Waals surface area contributed by atoms with E-state index in [1.165, 1.54) is 30.5 Å². The van der Waals surface area contributed by atoms with Crippen molar-refractivity contribution in [2.45, 2.75) is 89.4 Å². The van der Waals surface area contributed by atoms with Crippen LogP contribution >= 0.6 is 0 Å². The number of hydrogen-bond donors (Lipinski definition) is 1. The molecule has 0 bridgehead atoms. The number of aliphatic hydroxyl groups is 1. The van der Waals surface area contributed by atoms with Crippen LogP contribution in [0.2, 0.25) is 0 Å². The Kier molecular flexibility index (Phi) is 5.84. The average Bonchev–Trinajstić information content (AvgIpc) is 3.37. The summed E-state index contributed by atoms with van der Waals surface area (Å²) in [5.74, 6) is 2.83. The number of amides is 1. The molecule has 0 aromatic carbocycles. The summed E-state index contributed by atoms with van der Waals surface area (Å²) in [6.45, 7) is 4.23. The predicted octanol–water partition coefficient (Wildman–Crippen LogP) is 3.87. The zero-order valence-corrected chi connectivity index (χ0v) is 20.2. The van der Waals surface area contributed by atoms with E-state index < -0.39 is 0 Å². The van der Waals surface area contributed by atoms with Gasteiger partial charge in [0.25, 0.3) is 5.91 Å². The maximum Gasteiger partial charge on any atom is 0.274 e. The Balaban J connectivity index is 1.07. The van der Waals surface area contributed by atoms with Gasteiger partial charge >= 0.3 is 0 Å². The maximum atomic E-state index is 13.3. The van der Waals surface area contributed by atoms with Crippen molar-refractivity contribution >= 4 is 5.91 Å². The van der Waals surface area contributed by atoms with E-state index in [2.05, 4.69) is 9.67 Å². The fraction of sp³-hybridized carbons (Fsp3) is 0.667. The first-order valence-electron chi connectivity index (χ1n) is 13.2. The highest BCUT2D eigenvalue weighted by Crippen LogP contribution is 2.57. The van der Waals surface area contributed by atoms with Crippen molar-refractivity contribution in [2.24, 2.45) is 11.8 Å². The number of ether oxygens (including phenoxy) is 1. The van der Waals surface area contributed by atoms with Crippen LogP contribution in [0.1, 0.15) is 84.6 Å². The fourth-order valence-corrected chi connectivity index (χ4v) is 6.35. The number of aromatic nitrogens is 3. The smallest absolute Gasteiger partial charge is 0.274 e. The van der Waals surface area contributed by atoms with Gasteiger partial charge in [-0.2, -0.15) is 5.10 Å². The number of pyridine rings is 1. The minimum Gasteiger partial charge on any atom is -0.474 e. The van der Waals surface area contributed by atoms with Crippen molar-refractivity contribution < 1.29 is 14.6 Å². The lowest BCUT2D eigenvalue weighted by Crippen LogP contribution is -2.40. The fourth-order valence-electron chi connectivity index (χ4n) is 6.35. The molecule has 2 saturated carbocycles. The molecule has 3 heterocycles. The molecule has 1 saturated heterocycles. The third kappa shape index (κ3) is 4.23. The molecule has 1 N–H and O–H groups in total. The van der Waals surface area contributed by atoms with Crippen molar-refractivity contribution in [1.82, 2.24) is 19.7 Å². The van der Waals surface area contributed by atoms with E-state index in [-0.39, 0.29) is 18.1 Å². The minimum atomic E-state index is -0.270. The zero-order chi connectivity index (χ0) is 23.2. The monoisotopic (exact) mass is 464 g/mol. The highest BCUT2D eigenvalue weighted by atomic mass is 16.5. The molecule has 34 heavy (non-hydrogen) atoms. The highest BCUT2D eigenvalue weighted by Gasteiger charge is 2.50. The lowest BCUT2D eigenvalue weighted by molar-refractivity contribution is 0.0539. The molecule has 7 heteroatoms. The Morgan fingerprint density at radius 2 is 1.97 bits per heavy atom. The van der Waals surface area contributed by atoms with Crippen LogP contribution in [0.4, 0.5) is 0 Å². The predicted molar refractivity (Wildman–Crippen MR) is 128 cm³/mol. The van der Waals surface area contributed by atoms with Gasteiger partial charge in [-0.15, -0.1) is 0 Å². The molecule has 1 amide bonds. The van der Waals surface area contributed by atoms with E-state index in [1.807, 2.05) is 24.0 Å². The summed E-state index contributed by atoms with van der Waals surface area (Å²) in [4.78, 5) is 19.6. The number of aliphatic hydroxyl groups excluding tert-OH is 1. The average molecular weight is 465 g/mol. The molecule has 3 fully saturated rings. The molecule has 0 spiro atoms. The van der Waals surface area contributed by atoms with Crippen LogP contribution in [0.3, 0.4) is 0 Å². The number of carbonyl (C=O) groups is 1. The van der Waals surface area contributed by atoms with Crippen LogP contribution < -0.4 is 4.74 Å². The second kappa shape index (κ2) is 8.99. The van der Waals surface area contributed by atoms with Crippen LogP contribution in [0.15, 0.2) is 18.3 Å². The Morgan fingerprint density at radius 3 is 2.74 bits per heavy atom. The third-order valence-electron chi connectivity index (χ3n) is 8.58. The number of carbonyl (C=O) groups excluding carboxylic acids is 1. The molecule has 182 valence electrons. The van der Waals surface area contributed by atoms with Gasteiger partial charge < -0.3 is 14.7 Å². The van der Waals surface area contributed by atoms with Gasteiger partial charge in [-0.3, -0.25) is 9.48 Å². The quantitative estimate of drug-likeness (QED) is 0.702. The first-order chi connectivity index (χ1) is 16.6. The van der Waals surface area contributed by atoms with Crippen LogP contribution in [0.5, 0.6) is 5.88 Å². The van der Waals surface area contributed by atoms with Crippen molar-refractivity contribution in [2.75, 3.05) is 13.1 Å². The van der Waals surface area contributed by atoms with Gasteiger partial charge in [-0.25, -0.2) is 4.98 Å². The molecule has 6 rings (SSSR count). The van der Waals surface area contributed by atoms with Gasteiger partial charge in [0.1, 0.15) is 6.10 Å². The summed E-state index contributed by atoms with van der Waals surface area (Å²) < 4.78 is 8.36. The molecule has 1 aliphatic heterocycles. The van der Waals surface area contributed by atoms with E-state index >= 15 is 0 Å². The van der Waals surface area contributed by atoms with Crippen molar-refractivity contribution in [3.8, 4) is 5.88 Å².